The second-order valence-corrected chi connectivity index (χ2v) is 9.06. The van der Waals surface area contributed by atoms with E-state index in [9.17, 15) is 45.0 Å². The molecule has 176 valence electrons. The summed E-state index contributed by atoms with van der Waals surface area (Å²) in [6, 6.07) is 2.50. The highest BCUT2D eigenvalue weighted by Crippen LogP contribution is 2.57. The van der Waals surface area contributed by atoms with Gasteiger partial charge in [-0.3, -0.25) is 19.3 Å². The summed E-state index contributed by atoms with van der Waals surface area (Å²) in [5.74, 6) is -9.67. The van der Waals surface area contributed by atoms with Gasteiger partial charge in [0.2, 0.25) is 5.78 Å². The number of hydrogen-bond donors (Lipinski definition) is 7. The van der Waals surface area contributed by atoms with Gasteiger partial charge in [-0.15, -0.1) is 0 Å². The van der Waals surface area contributed by atoms with E-state index in [0.29, 0.717) is 0 Å². The van der Waals surface area contributed by atoms with Crippen LogP contribution in [0.5, 0.6) is 5.75 Å². The number of primary amides is 1. The number of rotatable bonds is 2. The number of hydrogen-bond acceptors (Lipinski definition) is 10. The van der Waals surface area contributed by atoms with E-state index in [4.69, 9.17) is 5.73 Å². The summed E-state index contributed by atoms with van der Waals surface area (Å²) in [7, 11) is 2.80. The van der Waals surface area contributed by atoms with Crippen molar-refractivity contribution >= 4 is 23.2 Å². The van der Waals surface area contributed by atoms with Gasteiger partial charge in [-0.05, 0) is 32.6 Å². The predicted octanol–water partition coefficient (Wildman–Crippen LogP) is -1.40. The molecule has 0 unspecified atom stereocenters. The largest absolute Gasteiger partial charge is 0.508 e. The Morgan fingerprint density at radius 1 is 1.12 bits per heavy atom. The van der Waals surface area contributed by atoms with E-state index >= 15 is 0 Å². The average molecular weight is 460 g/mol. The number of aromatic hydroxyl groups is 1. The highest BCUT2D eigenvalue weighted by Gasteiger charge is 2.70. The van der Waals surface area contributed by atoms with Crippen LogP contribution in [0.1, 0.15) is 18.1 Å². The smallest absolute Gasteiger partial charge is 0.255 e. The number of benzene rings is 1. The quantitative estimate of drug-likeness (QED) is 0.257. The first-order valence-corrected chi connectivity index (χ1v) is 10.1. The Balaban J connectivity index is 2.11. The van der Waals surface area contributed by atoms with Crippen LogP contribution in [-0.4, -0.2) is 84.9 Å². The van der Waals surface area contributed by atoms with Crippen LogP contribution >= 0.6 is 0 Å². The second-order valence-electron chi connectivity index (χ2n) is 9.06. The highest BCUT2D eigenvalue weighted by molar-refractivity contribution is 6.24. The summed E-state index contributed by atoms with van der Waals surface area (Å²) in [6.45, 7) is 1.25. The third-order valence-corrected chi connectivity index (χ3v) is 7.03. The Morgan fingerprint density at radius 2 is 1.73 bits per heavy atom. The fourth-order valence-electron chi connectivity index (χ4n) is 5.60. The first-order valence-electron chi connectivity index (χ1n) is 10.1. The van der Waals surface area contributed by atoms with E-state index in [1.807, 2.05) is 0 Å². The van der Waals surface area contributed by atoms with E-state index in [0.717, 1.165) is 0 Å². The number of likely N-dealkylation sites (N-methyl/N-ethyl adjacent to an activating group) is 1. The third-order valence-electron chi connectivity index (χ3n) is 7.03. The lowest BCUT2D eigenvalue weighted by Crippen LogP contribution is -2.71. The summed E-state index contributed by atoms with van der Waals surface area (Å²) in [6.07, 6.45) is -1.87. The number of ketones is 2. The molecule has 0 bridgehead atoms. The lowest BCUT2D eigenvalue weighted by atomic mass is 9.53. The maximum absolute atomic E-state index is 13.7. The van der Waals surface area contributed by atoms with E-state index in [1.165, 1.54) is 44.1 Å². The molecule has 1 aromatic rings. The zero-order valence-corrected chi connectivity index (χ0v) is 18.0. The summed E-state index contributed by atoms with van der Waals surface area (Å²) < 4.78 is 0. The van der Waals surface area contributed by atoms with E-state index in [1.54, 1.807) is 0 Å². The number of amides is 1. The van der Waals surface area contributed by atoms with Gasteiger partial charge in [0, 0.05) is 0 Å². The van der Waals surface area contributed by atoms with Crippen molar-refractivity contribution in [3.8, 4) is 5.75 Å². The van der Waals surface area contributed by atoms with Crippen LogP contribution in [0.15, 0.2) is 35.1 Å². The van der Waals surface area contributed by atoms with Gasteiger partial charge < -0.3 is 36.4 Å². The molecule has 11 nitrogen and oxygen atoms in total. The van der Waals surface area contributed by atoms with Crippen molar-refractivity contribution < 1.29 is 45.0 Å². The summed E-state index contributed by atoms with van der Waals surface area (Å²) in [4.78, 5) is 39.9. The monoisotopic (exact) mass is 460 g/mol. The fraction of sp³-hybridized carbons (Fsp3) is 0.409. The molecular formula is C22H24N2O9. The molecule has 1 fully saturated rings. The number of phenols is 1. The molecule has 3 aliphatic rings. The number of aliphatic hydroxyl groups is 5. The molecule has 4 rings (SSSR count). The van der Waals surface area contributed by atoms with Crippen LogP contribution < -0.4 is 5.73 Å². The van der Waals surface area contributed by atoms with Crippen molar-refractivity contribution in [2.45, 2.75) is 30.3 Å². The van der Waals surface area contributed by atoms with Gasteiger partial charge in [-0.25, -0.2) is 0 Å². The number of aliphatic hydroxyl groups excluding tert-OH is 3. The van der Waals surface area contributed by atoms with Crippen LogP contribution in [0.4, 0.5) is 0 Å². The van der Waals surface area contributed by atoms with Crippen molar-refractivity contribution in [3.63, 3.8) is 0 Å². The molecule has 8 N–H and O–H groups in total. The maximum atomic E-state index is 13.7. The molecule has 1 amide bonds. The lowest BCUT2D eigenvalue weighted by Gasteiger charge is -2.55. The summed E-state index contributed by atoms with van der Waals surface area (Å²) >= 11 is 0. The number of phenolic OH excluding ortho intramolecular Hbond substituents is 1. The molecule has 3 aliphatic carbocycles. The second kappa shape index (κ2) is 6.87. The zero-order chi connectivity index (χ0) is 24.8. The van der Waals surface area contributed by atoms with Gasteiger partial charge in [0.1, 0.15) is 22.8 Å². The Morgan fingerprint density at radius 3 is 2.27 bits per heavy atom. The molecule has 0 heterocycles. The Bertz CT molecular complexity index is 1180. The third kappa shape index (κ3) is 2.61. The molecule has 1 aromatic carbocycles. The SMILES string of the molecule is CN(C)[C@@H]1C(=O)C(C(N)=O)=C(O)[C@@]2(O)C(=O)C3=C(O)c4c(O)cccc4[C@](C)(O)[C@H]3[C@H](O)[C@@H]12. The molecular weight excluding hydrogens is 436 g/mol. The van der Waals surface area contributed by atoms with Gasteiger partial charge in [0.05, 0.1) is 40.7 Å². The molecule has 11 heteroatoms. The molecule has 0 aromatic heterocycles. The number of fused-ring (bicyclic) bond motifs is 3. The Labute approximate surface area is 187 Å². The topological polar surface area (TPSA) is 202 Å². The van der Waals surface area contributed by atoms with Gasteiger partial charge >= 0.3 is 0 Å². The minimum atomic E-state index is -3.02. The maximum Gasteiger partial charge on any atom is 0.255 e. The van der Waals surface area contributed by atoms with Crippen LogP contribution in [0.2, 0.25) is 0 Å². The zero-order valence-electron chi connectivity index (χ0n) is 18.0. The fourth-order valence-corrected chi connectivity index (χ4v) is 5.60. The van der Waals surface area contributed by atoms with Gasteiger partial charge in [-0.1, -0.05) is 12.1 Å². The van der Waals surface area contributed by atoms with Gasteiger partial charge in [0.25, 0.3) is 5.91 Å². The lowest BCUT2D eigenvalue weighted by molar-refractivity contribution is -0.181. The standard InChI is InChI=1S/C22H24N2O9/c1-21(32)7-5-4-6-8(25)9(7)15(26)10-12(21)17(28)13-14(24(2)3)16(27)11(20(23)31)19(30)22(13,33)18(10)29/h4-6,12-14,17,25-26,28,30,32-33H,1-3H3,(H2,23,31)/t12-,13-,14+,17+,21+,22+/m1/s1. The Kier molecular flexibility index (Phi) is 4.78. The average Bonchev–Trinajstić information content (AvgIpc) is 2.70. The van der Waals surface area contributed by atoms with E-state index < -0.39 is 81.1 Å². The number of Topliss-reactive ketones (excluding diaryl/α,β-unsaturated/α-hetero) is 2. The van der Waals surface area contributed by atoms with Crippen molar-refractivity contribution in [1.82, 2.24) is 4.90 Å². The summed E-state index contributed by atoms with van der Waals surface area (Å²) in [5.41, 5.74) is -1.78. The molecule has 33 heavy (non-hydrogen) atoms. The highest BCUT2D eigenvalue weighted by atomic mass is 16.4. The van der Waals surface area contributed by atoms with Crippen LogP contribution in [0.3, 0.4) is 0 Å². The number of carbonyl (C=O) groups excluding carboxylic acids is 3. The molecule has 0 aliphatic heterocycles. The number of carbonyl (C=O) groups is 3. The summed E-state index contributed by atoms with van der Waals surface area (Å²) in [5, 5.41) is 66.3. The van der Waals surface area contributed by atoms with Gasteiger partial charge in [-0.2, -0.15) is 0 Å². The number of nitrogens with two attached hydrogens (primary N) is 1. The molecule has 6 atom stereocenters. The van der Waals surface area contributed by atoms with Crippen molar-refractivity contribution in [2.24, 2.45) is 17.6 Å². The molecule has 0 saturated heterocycles. The van der Waals surface area contributed by atoms with Crippen molar-refractivity contribution in [2.75, 3.05) is 14.1 Å². The minimum absolute atomic E-state index is 0.00664. The van der Waals surface area contributed by atoms with Crippen molar-refractivity contribution in [1.29, 1.82) is 0 Å². The predicted molar refractivity (Wildman–Crippen MR) is 112 cm³/mol. The minimum Gasteiger partial charge on any atom is -0.508 e. The first-order chi connectivity index (χ1) is 15.2. The Hall–Kier alpha value is -3.25. The van der Waals surface area contributed by atoms with E-state index in [2.05, 4.69) is 0 Å². The molecule has 1 saturated carbocycles. The first kappa shape index (κ1) is 22.9. The van der Waals surface area contributed by atoms with Crippen molar-refractivity contribution in [3.05, 3.63) is 46.2 Å². The number of nitrogens with zero attached hydrogens (tertiary/aromatic N) is 1. The van der Waals surface area contributed by atoms with Crippen LogP contribution in [-0.2, 0) is 20.0 Å². The van der Waals surface area contributed by atoms with Crippen LogP contribution in [0.25, 0.3) is 5.76 Å². The van der Waals surface area contributed by atoms with E-state index in [-0.39, 0.29) is 11.1 Å². The normalized spacial score (nSPS) is 36.0. The van der Waals surface area contributed by atoms with Gasteiger partial charge in [0.15, 0.2) is 11.4 Å². The molecule has 0 radical (unpaired) electrons. The van der Waals surface area contributed by atoms with Crippen LogP contribution in [0, 0.1) is 11.8 Å². The molecule has 0 spiro atoms.